The van der Waals surface area contributed by atoms with Crippen LogP contribution in [0.5, 0.6) is 0 Å². The van der Waals surface area contributed by atoms with Gasteiger partial charge in [0.15, 0.2) is 0 Å². The first-order chi connectivity index (χ1) is 6.36. The first kappa shape index (κ1) is 11.7. The van der Waals surface area contributed by atoms with Crippen molar-refractivity contribution in [3.8, 4) is 0 Å². The van der Waals surface area contributed by atoms with Gasteiger partial charge in [-0.05, 0) is 12.8 Å². The van der Waals surface area contributed by atoms with Crippen LogP contribution in [0.2, 0.25) is 0 Å². The Morgan fingerprint density at radius 1 is 1.43 bits per heavy atom. The Hall–Kier alpha value is -0.330. The largest absolute Gasteiger partial charge is 0.481 e. The number of ether oxygens (including phenoxy) is 1. The number of rotatable bonds is 3. The molecule has 1 saturated heterocycles. The Balaban J connectivity index is 2.87. The molecule has 0 atom stereocenters. The van der Waals surface area contributed by atoms with Crippen LogP contribution in [0.25, 0.3) is 0 Å². The number of hydrogen-bond acceptors (Lipinski definition) is 4. The lowest BCUT2D eigenvalue weighted by Gasteiger charge is -2.31. The molecule has 5 nitrogen and oxygen atoms in total. The molecule has 0 radical (unpaired) electrons. The van der Waals surface area contributed by atoms with Gasteiger partial charge in [-0.3, -0.25) is 4.79 Å². The minimum atomic E-state index is -3.79. The van der Waals surface area contributed by atoms with Crippen LogP contribution in [0.1, 0.15) is 12.8 Å². The topological polar surface area (TPSA) is 80.7 Å². The van der Waals surface area contributed by atoms with Gasteiger partial charge in [0.2, 0.25) is 9.05 Å². The fourth-order valence-electron chi connectivity index (χ4n) is 1.51. The van der Waals surface area contributed by atoms with E-state index in [2.05, 4.69) is 0 Å². The number of carbonyl (C=O) groups is 1. The average molecular weight is 243 g/mol. The smallest absolute Gasteiger partial charge is 0.310 e. The second-order valence-electron chi connectivity index (χ2n) is 3.38. The van der Waals surface area contributed by atoms with Crippen LogP contribution < -0.4 is 0 Å². The monoisotopic (exact) mass is 242 g/mol. The summed E-state index contributed by atoms with van der Waals surface area (Å²) in [5.74, 6) is -1.65. The van der Waals surface area contributed by atoms with Gasteiger partial charge in [-0.15, -0.1) is 0 Å². The summed E-state index contributed by atoms with van der Waals surface area (Å²) in [4.78, 5) is 11.0. The first-order valence-corrected chi connectivity index (χ1v) is 6.57. The van der Waals surface area contributed by atoms with Crippen molar-refractivity contribution in [3.05, 3.63) is 0 Å². The summed E-state index contributed by atoms with van der Waals surface area (Å²) >= 11 is 0. The van der Waals surface area contributed by atoms with E-state index >= 15 is 0 Å². The van der Waals surface area contributed by atoms with Crippen LogP contribution in [-0.4, -0.2) is 38.5 Å². The van der Waals surface area contributed by atoms with E-state index in [0.717, 1.165) is 0 Å². The zero-order valence-electron chi connectivity index (χ0n) is 7.40. The maximum absolute atomic E-state index is 11.0. The molecular formula is C7H11ClO5S. The summed E-state index contributed by atoms with van der Waals surface area (Å²) < 4.78 is 26.7. The normalized spacial score (nSPS) is 21.8. The van der Waals surface area contributed by atoms with Crippen LogP contribution >= 0.6 is 10.7 Å². The van der Waals surface area contributed by atoms with Gasteiger partial charge in [0.1, 0.15) is 0 Å². The quantitative estimate of drug-likeness (QED) is 0.727. The molecule has 1 aliphatic heterocycles. The Morgan fingerprint density at radius 2 is 1.93 bits per heavy atom. The van der Waals surface area contributed by atoms with Gasteiger partial charge in [-0.1, -0.05) is 0 Å². The van der Waals surface area contributed by atoms with Crippen LogP contribution in [0.3, 0.4) is 0 Å². The molecule has 14 heavy (non-hydrogen) atoms. The highest BCUT2D eigenvalue weighted by Crippen LogP contribution is 2.33. The van der Waals surface area contributed by atoms with E-state index < -0.39 is 26.2 Å². The molecule has 0 aromatic heterocycles. The minimum absolute atomic E-state index is 0.189. The van der Waals surface area contributed by atoms with E-state index in [1.165, 1.54) is 0 Å². The third-order valence-corrected chi connectivity index (χ3v) is 3.58. The van der Waals surface area contributed by atoms with Gasteiger partial charge in [0.05, 0.1) is 11.2 Å². The third-order valence-electron chi connectivity index (χ3n) is 2.35. The maximum atomic E-state index is 11.0. The highest BCUT2D eigenvalue weighted by molar-refractivity contribution is 8.13. The maximum Gasteiger partial charge on any atom is 0.310 e. The molecule has 0 aromatic rings. The second kappa shape index (κ2) is 4.04. The van der Waals surface area contributed by atoms with E-state index in [1.807, 2.05) is 0 Å². The Bertz CT molecular complexity index is 317. The molecule has 0 bridgehead atoms. The highest BCUT2D eigenvalue weighted by Gasteiger charge is 2.43. The molecule has 0 unspecified atom stereocenters. The lowest BCUT2D eigenvalue weighted by atomic mass is 9.82. The lowest BCUT2D eigenvalue weighted by molar-refractivity contribution is -0.152. The molecule has 0 aliphatic carbocycles. The van der Waals surface area contributed by atoms with E-state index in [4.69, 9.17) is 20.5 Å². The molecule has 1 heterocycles. The standard InChI is InChI=1S/C7H11ClO5S/c8-14(11,12)5-7(6(9)10)1-3-13-4-2-7/h1-5H2,(H,9,10). The van der Waals surface area contributed by atoms with Crippen molar-refractivity contribution < 1.29 is 23.1 Å². The van der Waals surface area contributed by atoms with Gasteiger partial charge in [0, 0.05) is 23.9 Å². The SMILES string of the molecule is O=C(O)C1(CS(=O)(=O)Cl)CCOCC1. The average Bonchev–Trinajstić information content (AvgIpc) is 2.02. The number of carboxylic acid groups (broad SMARTS) is 1. The number of halogens is 1. The number of carboxylic acids is 1. The Morgan fingerprint density at radius 3 is 2.29 bits per heavy atom. The molecular weight excluding hydrogens is 232 g/mol. The van der Waals surface area contributed by atoms with Crippen molar-refractivity contribution in [2.24, 2.45) is 5.41 Å². The van der Waals surface area contributed by atoms with E-state index in [9.17, 15) is 13.2 Å². The lowest BCUT2D eigenvalue weighted by Crippen LogP contribution is -2.41. The Labute approximate surface area is 86.4 Å². The summed E-state index contributed by atoms with van der Waals surface area (Å²) in [5, 5.41) is 8.97. The molecule has 1 fully saturated rings. The zero-order valence-corrected chi connectivity index (χ0v) is 8.97. The summed E-state index contributed by atoms with van der Waals surface area (Å²) in [5.41, 5.74) is -1.27. The molecule has 1 aliphatic rings. The van der Waals surface area contributed by atoms with Crippen molar-refractivity contribution in [3.63, 3.8) is 0 Å². The summed E-state index contributed by atoms with van der Waals surface area (Å²) in [6.45, 7) is 0.525. The number of hydrogen-bond donors (Lipinski definition) is 1. The van der Waals surface area contributed by atoms with Gasteiger partial charge >= 0.3 is 5.97 Å². The van der Waals surface area contributed by atoms with Crippen LogP contribution in [0.15, 0.2) is 0 Å². The van der Waals surface area contributed by atoms with Crippen LogP contribution in [-0.2, 0) is 18.6 Å². The summed E-state index contributed by atoms with van der Waals surface area (Å²) in [7, 11) is 1.28. The van der Waals surface area contributed by atoms with Gasteiger partial charge in [-0.25, -0.2) is 8.42 Å². The first-order valence-electron chi connectivity index (χ1n) is 4.09. The van der Waals surface area contributed by atoms with Crippen molar-refractivity contribution in [1.82, 2.24) is 0 Å². The fourth-order valence-corrected chi connectivity index (χ4v) is 3.21. The van der Waals surface area contributed by atoms with E-state index in [1.54, 1.807) is 0 Å². The van der Waals surface area contributed by atoms with Crippen LogP contribution in [0, 0.1) is 5.41 Å². The second-order valence-corrected chi connectivity index (χ2v) is 6.16. The predicted molar refractivity (Wildman–Crippen MR) is 49.8 cm³/mol. The van der Waals surface area contributed by atoms with Gasteiger partial charge < -0.3 is 9.84 Å². The molecule has 82 valence electrons. The molecule has 0 spiro atoms. The predicted octanol–water partition coefficient (Wildman–Crippen LogP) is 0.436. The van der Waals surface area contributed by atoms with E-state index in [0.29, 0.717) is 0 Å². The van der Waals surface area contributed by atoms with Crippen molar-refractivity contribution in [2.75, 3.05) is 19.0 Å². The van der Waals surface area contributed by atoms with Crippen molar-refractivity contribution in [2.45, 2.75) is 12.8 Å². The molecule has 0 saturated carbocycles. The van der Waals surface area contributed by atoms with Crippen LogP contribution in [0.4, 0.5) is 0 Å². The molecule has 0 amide bonds. The van der Waals surface area contributed by atoms with Crippen molar-refractivity contribution in [1.29, 1.82) is 0 Å². The fraction of sp³-hybridized carbons (Fsp3) is 0.857. The minimum Gasteiger partial charge on any atom is -0.481 e. The highest BCUT2D eigenvalue weighted by atomic mass is 35.7. The molecule has 0 aromatic carbocycles. The molecule has 7 heteroatoms. The third kappa shape index (κ3) is 2.83. The van der Waals surface area contributed by atoms with E-state index in [-0.39, 0.29) is 26.1 Å². The zero-order chi connectivity index (χ0) is 10.8. The molecule has 1 rings (SSSR count). The molecule has 1 N–H and O–H groups in total. The van der Waals surface area contributed by atoms with Gasteiger partial charge in [-0.2, -0.15) is 0 Å². The summed E-state index contributed by atoms with van der Waals surface area (Å²) in [6.07, 6.45) is 0.378. The number of aliphatic carboxylic acids is 1. The summed E-state index contributed by atoms with van der Waals surface area (Å²) in [6, 6.07) is 0. The van der Waals surface area contributed by atoms with Crippen molar-refractivity contribution >= 4 is 25.7 Å². The van der Waals surface area contributed by atoms with Gasteiger partial charge in [0.25, 0.3) is 0 Å². The Kier molecular flexibility index (Phi) is 3.39.